The van der Waals surface area contributed by atoms with E-state index in [0.29, 0.717) is 6.07 Å². The van der Waals surface area contributed by atoms with Gasteiger partial charge in [-0.05, 0) is 24.1 Å². The molecule has 2 N–H and O–H groups in total. The summed E-state index contributed by atoms with van der Waals surface area (Å²) < 4.78 is 26.6. The van der Waals surface area contributed by atoms with Gasteiger partial charge in [-0.2, -0.15) is 0 Å². The van der Waals surface area contributed by atoms with Crippen molar-refractivity contribution < 1.29 is 28.6 Å². The highest BCUT2D eigenvalue weighted by Gasteiger charge is 2.19. The number of aromatic carboxylic acids is 1. The highest BCUT2D eigenvalue weighted by molar-refractivity contribution is 5.88. The predicted octanol–water partition coefficient (Wildman–Crippen LogP) is 1.93. The Morgan fingerprint density at radius 1 is 1.24 bits per heavy atom. The number of aliphatic carboxylic acids is 1. The first kappa shape index (κ1) is 13.1. The zero-order valence-electron chi connectivity index (χ0n) is 8.91. The van der Waals surface area contributed by atoms with Crippen LogP contribution in [0.4, 0.5) is 8.78 Å². The van der Waals surface area contributed by atoms with Gasteiger partial charge in [-0.1, -0.05) is 6.92 Å². The van der Waals surface area contributed by atoms with Crippen LogP contribution in [0.1, 0.15) is 22.8 Å². The third kappa shape index (κ3) is 2.99. The van der Waals surface area contributed by atoms with Gasteiger partial charge in [0.2, 0.25) is 0 Å². The van der Waals surface area contributed by atoms with Crippen molar-refractivity contribution in [3.05, 3.63) is 34.9 Å². The van der Waals surface area contributed by atoms with E-state index in [9.17, 15) is 18.4 Å². The topological polar surface area (TPSA) is 74.6 Å². The van der Waals surface area contributed by atoms with Crippen LogP contribution in [0.25, 0.3) is 0 Å². The highest BCUT2D eigenvalue weighted by Crippen LogP contribution is 2.18. The Kier molecular flexibility index (Phi) is 3.77. The average Bonchev–Trinajstić information content (AvgIpc) is 2.22. The van der Waals surface area contributed by atoms with E-state index in [4.69, 9.17) is 10.2 Å². The lowest BCUT2D eigenvalue weighted by Gasteiger charge is -2.08. The van der Waals surface area contributed by atoms with Gasteiger partial charge in [0.1, 0.15) is 11.6 Å². The molecule has 0 saturated heterocycles. The molecule has 92 valence electrons. The van der Waals surface area contributed by atoms with Gasteiger partial charge in [0.25, 0.3) is 0 Å². The molecule has 0 radical (unpaired) electrons. The minimum absolute atomic E-state index is 0.151. The minimum Gasteiger partial charge on any atom is -0.481 e. The largest absolute Gasteiger partial charge is 0.481 e. The number of carbonyl (C=O) groups is 2. The summed E-state index contributed by atoms with van der Waals surface area (Å²) in [6.45, 7) is 1.35. The second-order valence-electron chi connectivity index (χ2n) is 3.67. The maximum atomic E-state index is 13.4. The summed E-state index contributed by atoms with van der Waals surface area (Å²) in [5, 5.41) is 17.2. The van der Waals surface area contributed by atoms with E-state index in [1.54, 1.807) is 0 Å². The number of carboxylic acids is 2. The molecule has 0 aromatic heterocycles. The van der Waals surface area contributed by atoms with E-state index in [-0.39, 0.29) is 12.0 Å². The van der Waals surface area contributed by atoms with E-state index >= 15 is 0 Å². The van der Waals surface area contributed by atoms with Crippen LogP contribution in [0.15, 0.2) is 12.1 Å². The Bertz CT molecular complexity index is 471. The molecule has 1 atom stereocenters. The molecule has 0 saturated carbocycles. The van der Waals surface area contributed by atoms with Crippen molar-refractivity contribution in [2.75, 3.05) is 0 Å². The molecule has 0 amide bonds. The number of hydrogen-bond donors (Lipinski definition) is 2. The maximum absolute atomic E-state index is 13.4. The normalized spacial score (nSPS) is 12.2. The SMILES string of the molecule is CC(Cc1cc(F)c(C(=O)O)cc1F)C(=O)O. The minimum atomic E-state index is -1.57. The molecule has 0 aliphatic carbocycles. The predicted molar refractivity (Wildman–Crippen MR) is 53.8 cm³/mol. The van der Waals surface area contributed by atoms with Crippen molar-refractivity contribution >= 4 is 11.9 Å². The van der Waals surface area contributed by atoms with Gasteiger partial charge < -0.3 is 10.2 Å². The molecule has 0 bridgehead atoms. The summed E-state index contributed by atoms with van der Waals surface area (Å²) in [4.78, 5) is 21.1. The van der Waals surface area contributed by atoms with E-state index in [0.717, 1.165) is 6.07 Å². The highest BCUT2D eigenvalue weighted by atomic mass is 19.1. The molecule has 0 fully saturated rings. The summed E-state index contributed by atoms with van der Waals surface area (Å²) in [5.74, 6) is -5.57. The van der Waals surface area contributed by atoms with Crippen LogP contribution in [0.2, 0.25) is 0 Å². The molecule has 17 heavy (non-hydrogen) atoms. The van der Waals surface area contributed by atoms with E-state index in [2.05, 4.69) is 0 Å². The van der Waals surface area contributed by atoms with Gasteiger partial charge in [-0.3, -0.25) is 4.79 Å². The fourth-order valence-electron chi connectivity index (χ4n) is 1.33. The van der Waals surface area contributed by atoms with Crippen molar-refractivity contribution in [2.24, 2.45) is 5.92 Å². The van der Waals surface area contributed by atoms with Gasteiger partial charge in [-0.15, -0.1) is 0 Å². The Balaban J connectivity index is 3.08. The number of halogens is 2. The fourth-order valence-corrected chi connectivity index (χ4v) is 1.33. The third-order valence-electron chi connectivity index (χ3n) is 2.31. The first-order valence-corrected chi connectivity index (χ1v) is 4.77. The molecule has 1 aromatic carbocycles. The zero-order valence-corrected chi connectivity index (χ0v) is 8.91. The molecular formula is C11H10F2O4. The Morgan fingerprint density at radius 3 is 2.29 bits per heavy atom. The summed E-state index contributed by atoms with van der Waals surface area (Å²) >= 11 is 0. The van der Waals surface area contributed by atoms with E-state index in [1.807, 2.05) is 0 Å². The lowest BCUT2D eigenvalue weighted by atomic mass is 9.99. The summed E-state index contributed by atoms with van der Waals surface area (Å²) in [5.41, 5.74) is -0.920. The Labute approximate surface area is 95.5 Å². The van der Waals surface area contributed by atoms with Crippen LogP contribution in [0, 0.1) is 17.6 Å². The Morgan fingerprint density at radius 2 is 1.82 bits per heavy atom. The van der Waals surface area contributed by atoms with Gasteiger partial charge >= 0.3 is 11.9 Å². The van der Waals surface area contributed by atoms with Crippen molar-refractivity contribution in [3.63, 3.8) is 0 Å². The zero-order chi connectivity index (χ0) is 13.2. The molecule has 4 nitrogen and oxygen atoms in total. The molecule has 1 unspecified atom stereocenters. The molecule has 6 heteroatoms. The summed E-state index contributed by atoms with van der Waals surface area (Å²) in [6, 6.07) is 1.28. The average molecular weight is 244 g/mol. The van der Waals surface area contributed by atoms with Crippen molar-refractivity contribution in [1.29, 1.82) is 0 Å². The quantitative estimate of drug-likeness (QED) is 0.848. The van der Waals surface area contributed by atoms with Gasteiger partial charge in [-0.25, -0.2) is 13.6 Å². The molecule has 1 aromatic rings. The lowest BCUT2D eigenvalue weighted by Crippen LogP contribution is -2.14. The number of benzene rings is 1. The van der Waals surface area contributed by atoms with Crippen LogP contribution in [0.3, 0.4) is 0 Å². The smallest absolute Gasteiger partial charge is 0.338 e. The summed E-state index contributed by atoms with van der Waals surface area (Å²) in [6.07, 6.45) is -0.196. The fraction of sp³-hybridized carbons (Fsp3) is 0.273. The number of carboxylic acid groups (broad SMARTS) is 2. The van der Waals surface area contributed by atoms with Crippen LogP contribution in [-0.2, 0) is 11.2 Å². The molecule has 0 spiro atoms. The van der Waals surface area contributed by atoms with Crippen LogP contribution in [-0.4, -0.2) is 22.2 Å². The van der Waals surface area contributed by atoms with E-state index in [1.165, 1.54) is 6.92 Å². The van der Waals surface area contributed by atoms with Gasteiger partial charge in [0.05, 0.1) is 11.5 Å². The lowest BCUT2D eigenvalue weighted by molar-refractivity contribution is -0.141. The third-order valence-corrected chi connectivity index (χ3v) is 2.31. The van der Waals surface area contributed by atoms with Crippen LogP contribution >= 0.6 is 0 Å². The van der Waals surface area contributed by atoms with Crippen molar-refractivity contribution in [3.8, 4) is 0 Å². The van der Waals surface area contributed by atoms with Crippen LogP contribution < -0.4 is 0 Å². The first-order valence-electron chi connectivity index (χ1n) is 4.77. The van der Waals surface area contributed by atoms with Crippen molar-refractivity contribution in [1.82, 2.24) is 0 Å². The number of hydrogen-bond acceptors (Lipinski definition) is 2. The van der Waals surface area contributed by atoms with E-state index < -0.39 is 35.1 Å². The van der Waals surface area contributed by atoms with Gasteiger partial charge in [0.15, 0.2) is 0 Å². The monoisotopic (exact) mass is 244 g/mol. The van der Waals surface area contributed by atoms with Crippen LogP contribution in [0.5, 0.6) is 0 Å². The molecule has 0 aliphatic heterocycles. The number of rotatable bonds is 4. The van der Waals surface area contributed by atoms with Gasteiger partial charge in [0, 0.05) is 0 Å². The van der Waals surface area contributed by atoms with Crippen molar-refractivity contribution in [2.45, 2.75) is 13.3 Å². The standard InChI is InChI=1S/C11H10F2O4/c1-5(10(14)15)2-6-3-9(13)7(11(16)17)4-8(6)12/h3-5H,2H2,1H3,(H,14,15)(H,16,17). The molecular weight excluding hydrogens is 234 g/mol. The first-order chi connectivity index (χ1) is 7.82. The maximum Gasteiger partial charge on any atom is 0.338 e. The molecule has 1 rings (SSSR count). The second-order valence-corrected chi connectivity index (χ2v) is 3.67. The summed E-state index contributed by atoms with van der Waals surface area (Å²) in [7, 11) is 0. The molecule has 0 heterocycles. The Hall–Kier alpha value is -1.98. The molecule has 0 aliphatic rings. The second kappa shape index (κ2) is 4.90.